The third-order valence-corrected chi connectivity index (χ3v) is 2.62. The van der Waals surface area contributed by atoms with Crippen molar-refractivity contribution in [2.75, 3.05) is 25.0 Å². The van der Waals surface area contributed by atoms with E-state index in [-0.39, 0.29) is 19.2 Å². The maximum Gasteiger partial charge on any atom is 0.328 e. The molecule has 0 aromatic heterocycles. The van der Waals surface area contributed by atoms with Crippen LogP contribution >= 0.6 is 0 Å². The number of hydrogen-bond acceptors (Lipinski definition) is 3. The van der Waals surface area contributed by atoms with Gasteiger partial charge in [-0.15, -0.1) is 0 Å². The van der Waals surface area contributed by atoms with Crippen LogP contribution in [0.25, 0.3) is 6.08 Å². The number of nitrogens with zero attached hydrogens (tertiary/aromatic N) is 1. The number of aliphatic carboxylic acids is 1. The maximum atomic E-state index is 11.8. The van der Waals surface area contributed by atoms with Gasteiger partial charge in [0.25, 0.3) is 0 Å². The second kappa shape index (κ2) is 7.96. The first-order valence-electron chi connectivity index (χ1n) is 6.24. The van der Waals surface area contributed by atoms with Crippen molar-refractivity contribution >= 4 is 23.8 Å². The summed E-state index contributed by atoms with van der Waals surface area (Å²) in [5, 5.41) is 20.1. The second-order valence-corrected chi connectivity index (χ2v) is 4.03. The molecule has 1 rings (SSSR count). The first kappa shape index (κ1) is 15.7. The van der Waals surface area contributed by atoms with E-state index in [1.54, 1.807) is 24.3 Å². The minimum Gasteiger partial charge on any atom is -0.478 e. The van der Waals surface area contributed by atoms with Gasteiger partial charge in [0.05, 0.1) is 6.61 Å². The lowest BCUT2D eigenvalue weighted by Gasteiger charge is -2.20. The molecule has 2 amide bonds. The number of nitrogens with one attached hydrogen (secondary N) is 1. The van der Waals surface area contributed by atoms with Gasteiger partial charge in [-0.25, -0.2) is 9.59 Å². The zero-order valence-corrected chi connectivity index (χ0v) is 11.2. The van der Waals surface area contributed by atoms with Gasteiger partial charge in [0.2, 0.25) is 0 Å². The van der Waals surface area contributed by atoms with Crippen LogP contribution in [0.4, 0.5) is 10.5 Å². The van der Waals surface area contributed by atoms with Crippen LogP contribution in [-0.4, -0.2) is 46.8 Å². The molecule has 0 bridgehead atoms. The first-order chi connectivity index (χ1) is 9.56. The minimum atomic E-state index is -1.01. The number of benzene rings is 1. The molecule has 0 heterocycles. The number of carbonyl (C=O) groups excluding carboxylic acids is 1. The van der Waals surface area contributed by atoms with Crippen molar-refractivity contribution in [3.05, 3.63) is 35.9 Å². The number of anilines is 1. The summed E-state index contributed by atoms with van der Waals surface area (Å²) in [4.78, 5) is 23.7. The summed E-state index contributed by atoms with van der Waals surface area (Å²) < 4.78 is 0. The average molecular weight is 278 g/mol. The number of urea groups is 1. The van der Waals surface area contributed by atoms with Crippen molar-refractivity contribution in [3.8, 4) is 0 Å². The van der Waals surface area contributed by atoms with Crippen molar-refractivity contribution in [2.24, 2.45) is 0 Å². The van der Waals surface area contributed by atoms with Crippen molar-refractivity contribution < 1.29 is 19.8 Å². The lowest BCUT2D eigenvalue weighted by Crippen LogP contribution is -2.36. The summed E-state index contributed by atoms with van der Waals surface area (Å²) in [6.45, 7) is 2.53. The Hall–Kier alpha value is -2.34. The molecule has 0 unspecified atom stereocenters. The molecule has 0 aliphatic carbocycles. The molecular formula is C14H18N2O4. The quantitative estimate of drug-likeness (QED) is 0.690. The Kier molecular flexibility index (Phi) is 6.25. The van der Waals surface area contributed by atoms with Crippen LogP contribution in [0.3, 0.4) is 0 Å². The number of carboxylic acids is 1. The number of likely N-dealkylation sites (N-methyl/N-ethyl adjacent to an activating group) is 1. The Morgan fingerprint density at radius 3 is 2.45 bits per heavy atom. The number of rotatable bonds is 6. The molecule has 0 saturated heterocycles. The van der Waals surface area contributed by atoms with E-state index < -0.39 is 5.97 Å². The minimum absolute atomic E-state index is 0.0832. The lowest BCUT2D eigenvalue weighted by molar-refractivity contribution is -0.131. The number of carbonyl (C=O) groups is 2. The number of aliphatic hydroxyl groups excluding tert-OH is 1. The highest BCUT2D eigenvalue weighted by Crippen LogP contribution is 2.11. The molecule has 6 nitrogen and oxygen atoms in total. The molecule has 6 heteroatoms. The zero-order chi connectivity index (χ0) is 15.0. The monoisotopic (exact) mass is 278 g/mol. The van der Waals surface area contributed by atoms with E-state index in [1.165, 1.54) is 11.0 Å². The number of carboxylic acid groups (broad SMARTS) is 1. The van der Waals surface area contributed by atoms with Crippen molar-refractivity contribution in [3.63, 3.8) is 0 Å². The number of hydrogen-bond donors (Lipinski definition) is 3. The lowest BCUT2D eigenvalue weighted by atomic mass is 10.2. The van der Waals surface area contributed by atoms with Gasteiger partial charge in [0.1, 0.15) is 0 Å². The van der Waals surface area contributed by atoms with Crippen LogP contribution in [0, 0.1) is 0 Å². The van der Waals surface area contributed by atoms with E-state index in [9.17, 15) is 9.59 Å². The van der Waals surface area contributed by atoms with Gasteiger partial charge >= 0.3 is 12.0 Å². The van der Waals surface area contributed by atoms with Gasteiger partial charge in [-0.3, -0.25) is 0 Å². The summed E-state index contributed by atoms with van der Waals surface area (Å²) in [5.74, 6) is -1.01. The van der Waals surface area contributed by atoms with Gasteiger partial charge in [-0.1, -0.05) is 12.1 Å². The predicted octanol–water partition coefficient (Wildman–Crippen LogP) is 1.63. The Balaban J connectivity index is 2.65. The Labute approximate surface area is 117 Å². The second-order valence-electron chi connectivity index (χ2n) is 4.03. The van der Waals surface area contributed by atoms with Crippen LogP contribution in [0.15, 0.2) is 30.3 Å². The third-order valence-electron chi connectivity index (χ3n) is 2.62. The standard InChI is InChI=1S/C14H18N2O4/c1-2-16(9-10-17)14(20)15-12-6-3-11(4-7-12)5-8-13(18)19/h3-8,17H,2,9-10H2,1H3,(H,15,20)(H,18,19). The molecule has 0 fully saturated rings. The largest absolute Gasteiger partial charge is 0.478 e. The summed E-state index contributed by atoms with van der Waals surface area (Å²) >= 11 is 0. The molecule has 0 atom stereocenters. The fourth-order valence-electron chi connectivity index (χ4n) is 1.57. The SMILES string of the molecule is CCN(CCO)C(=O)Nc1ccc(C=CC(=O)O)cc1. The highest BCUT2D eigenvalue weighted by Gasteiger charge is 2.10. The van der Waals surface area contributed by atoms with Crippen LogP contribution in [0.1, 0.15) is 12.5 Å². The van der Waals surface area contributed by atoms with E-state index >= 15 is 0 Å². The van der Waals surface area contributed by atoms with Crippen LogP contribution in [-0.2, 0) is 4.79 Å². The molecule has 3 N–H and O–H groups in total. The first-order valence-corrected chi connectivity index (χ1v) is 6.24. The smallest absolute Gasteiger partial charge is 0.328 e. The van der Waals surface area contributed by atoms with Gasteiger partial charge in [0.15, 0.2) is 0 Å². The summed E-state index contributed by atoms with van der Waals surface area (Å²) in [7, 11) is 0. The van der Waals surface area contributed by atoms with Crippen molar-refractivity contribution in [1.29, 1.82) is 0 Å². The highest BCUT2D eigenvalue weighted by atomic mass is 16.4. The fraction of sp³-hybridized carbons (Fsp3) is 0.286. The van der Waals surface area contributed by atoms with E-state index in [0.29, 0.717) is 12.2 Å². The third kappa shape index (κ3) is 5.11. The fourth-order valence-corrected chi connectivity index (χ4v) is 1.57. The predicted molar refractivity (Wildman–Crippen MR) is 76.5 cm³/mol. The molecule has 0 radical (unpaired) electrons. The zero-order valence-electron chi connectivity index (χ0n) is 11.2. The molecule has 1 aromatic carbocycles. The average Bonchev–Trinajstić information content (AvgIpc) is 2.43. The van der Waals surface area contributed by atoms with E-state index in [2.05, 4.69) is 5.32 Å². The summed E-state index contributed by atoms with van der Waals surface area (Å²) in [6.07, 6.45) is 2.52. The van der Waals surface area contributed by atoms with Crippen molar-refractivity contribution in [2.45, 2.75) is 6.92 Å². The van der Waals surface area contributed by atoms with Crippen LogP contribution < -0.4 is 5.32 Å². The number of amides is 2. The van der Waals surface area contributed by atoms with Gasteiger partial charge in [0, 0.05) is 24.9 Å². The topological polar surface area (TPSA) is 89.9 Å². The number of aliphatic hydroxyl groups is 1. The Bertz CT molecular complexity index is 482. The van der Waals surface area contributed by atoms with Crippen LogP contribution in [0.5, 0.6) is 0 Å². The highest BCUT2D eigenvalue weighted by molar-refractivity contribution is 5.89. The molecule has 108 valence electrons. The molecule has 0 spiro atoms. The molecule has 0 aliphatic rings. The van der Waals surface area contributed by atoms with Gasteiger partial charge in [-0.05, 0) is 30.7 Å². The van der Waals surface area contributed by atoms with Crippen molar-refractivity contribution in [1.82, 2.24) is 4.90 Å². The molecule has 0 aliphatic heterocycles. The summed E-state index contributed by atoms with van der Waals surface area (Å²) in [5.41, 5.74) is 1.34. The maximum absolute atomic E-state index is 11.8. The molecule has 20 heavy (non-hydrogen) atoms. The Morgan fingerprint density at radius 2 is 1.95 bits per heavy atom. The van der Waals surface area contributed by atoms with E-state index in [1.807, 2.05) is 6.92 Å². The molecule has 1 aromatic rings. The van der Waals surface area contributed by atoms with E-state index in [0.717, 1.165) is 11.6 Å². The van der Waals surface area contributed by atoms with E-state index in [4.69, 9.17) is 10.2 Å². The van der Waals surface area contributed by atoms with Gasteiger partial charge in [-0.2, -0.15) is 0 Å². The molecule has 0 saturated carbocycles. The summed E-state index contributed by atoms with van der Waals surface area (Å²) in [6, 6.07) is 6.50. The van der Waals surface area contributed by atoms with Crippen LogP contribution in [0.2, 0.25) is 0 Å². The Morgan fingerprint density at radius 1 is 1.30 bits per heavy atom. The normalized spacial score (nSPS) is 10.5. The van der Waals surface area contributed by atoms with Gasteiger partial charge < -0.3 is 20.4 Å². The molecular weight excluding hydrogens is 260 g/mol.